The summed E-state index contributed by atoms with van der Waals surface area (Å²) in [5, 5.41) is 3.28. The van der Waals surface area contributed by atoms with Gasteiger partial charge in [-0.3, -0.25) is 9.10 Å². The van der Waals surface area contributed by atoms with Crippen LogP contribution < -0.4 is 9.62 Å². The van der Waals surface area contributed by atoms with Crippen LogP contribution in [-0.4, -0.2) is 33.7 Å². The van der Waals surface area contributed by atoms with Crippen LogP contribution in [0.5, 0.6) is 0 Å². The van der Waals surface area contributed by atoms with Crippen molar-refractivity contribution in [1.29, 1.82) is 0 Å². The number of anilines is 1. The Morgan fingerprint density at radius 1 is 1.08 bits per heavy atom. The van der Waals surface area contributed by atoms with Crippen molar-refractivity contribution in [3.05, 3.63) is 64.1 Å². The lowest BCUT2D eigenvalue weighted by molar-refractivity contribution is -0.119. The fourth-order valence-corrected chi connectivity index (χ4v) is 3.53. The minimum atomic E-state index is -3.65. The molecule has 0 saturated carbocycles. The van der Waals surface area contributed by atoms with Crippen LogP contribution in [0.25, 0.3) is 0 Å². The second kappa shape index (κ2) is 9.26. The molecule has 0 heterocycles. The van der Waals surface area contributed by atoms with E-state index in [1.54, 1.807) is 0 Å². The number of rotatable bonds is 8. The third kappa shape index (κ3) is 6.20. The van der Waals surface area contributed by atoms with E-state index >= 15 is 0 Å². The first kappa shape index (κ1) is 20.6. The lowest BCUT2D eigenvalue weighted by atomic mass is 10.1. The minimum Gasteiger partial charge on any atom is -0.355 e. The van der Waals surface area contributed by atoms with Crippen molar-refractivity contribution in [2.45, 2.75) is 12.8 Å². The van der Waals surface area contributed by atoms with Gasteiger partial charge in [0.2, 0.25) is 15.9 Å². The number of nitrogens with zero attached hydrogens (tertiary/aromatic N) is 1. The van der Waals surface area contributed by atoms with Crippen LogP contribution in [0, 0.1) is 0 Å². The number of amides is 1. The number of carbonyl (C=O) groups is 1. The number of aryl methyl sites for hydroxylation is 1. The van der Waals surface area contributed by atoms with Crippen molar-refractivity contribution in [2.24, 2.45) is 0 Å². The summed E-state index contributed by atoms with van der Waals surface area (Å²) in [4.78, 5) is 12.2. The molecule has 8 heteroatoms. The Kier molecular flexibility index (Phi) is 7.32. The van der Waals surface area contributed by atoms with Crippen LogP contribution in [0.4, 0.5) is 5.69 Å². The second-order valence-electron chi connectivity index (χ2n) is 5.81. The Morgan fingerprint density at radius 3 is 2.38 bits per heavy atom. The Labute approximate surface area is 164 Å². The number of benzene rings is 2. The van der Waals surface area contributed by atoms with Gasteiger partial charge in [-0.1, -0.05) is 53.5 Å². The van der Waals surface area contributed by atoms with E-state index in [9.17, 15) is 13.2 Å². The van der Waals surface area contributed by atoms with E-state index in [2.05, 4.69) is 5.32 Å². The number of nitrogens with one attached hydrogen (secondary N) is 1. The SMILES string of the molecule is CS(=O)(=O)N(CC(=O)NCCCc1ccccc1)c1ccc(Cl)c(Cl)c1. The van der Waals surface area contributed by atoms with Gasteiger partial charge in [-0.25, -0.2) is 8.42 Å². The van der Waals surface area contributed by atoms with Gasteiger partial charge in [0, 0.05) is 6.54 Å². The summed E-state index contributed by atoms with van der Waals surface area (Å²) < 4.78 is 25.1. The molecule has 26 heavy (non-hydrogen) atoms. The molecule has 140 valence electrons. The highest BCUT2D eigenvalue weighted by Crippen LogP contribution is 2.28. The molecule has 2 rings (SSSR count). The summed E-state index contributed by atoms with van der Waals surface area (Å²) in [6.07, 6.45) is 2.64. The molecule has 0 bridgehead atoms. The standard InChI is InChI=1S/C18H20Cl2N2O3S/c1-26(24,25)22(15-9-10-16(19)17(20)12-15)13-18(23)21-11-5-8-14-6-3-2-4-7-14/h2-4,6-7,9-10,12H,5,8,11,13H2,1H3,(H,21,23). The van der Waals surface area contributed by atoms with Gasteiger partial charge in [0.05, 0.1) is 22.0 Å². The number of halogens is 2. The summed E-state index contributed by atoms with van der Waals surface area (Å²) in [6.45, 7) is 0.148. The molecule has 2 aromatic rings. The van der Waals surface area contributed by atoms with E-state index in [-0.39, 0.29) is 17.5 Å². The molecule has 0 aliphatic rings. The second-order valence-corrected chi connectivity index (χ2v) is 8.53. The smallest absolute Gasteiger partial charge is 0.240 e. The lowest BCUT2D eigenvalue weighted by Crippen LogP contribution is -2.40. The minimum absolute atomic E-state index is 0.223. The van der Waals surface area contributed by atoms with Gasteiger partial charge in [-0.2, -0.15) is 0 Å². The van der Waals surface area contributed by atoms with E-state index in [1.807, 2.05) is 30.3 Å². The molecule has 1 N–H and O–H groups in total. The largest absolute Gasteiger partial charge is 0.355 e. The first-order valence-corrected chi connectivity index (χ1v) is 10.6. The quantitative estimate of drug-likeness (QED) is 0.671. The van der Waals surface area contributed by atoms with Gasteiger partial charge >= 0.3 is 0 Å². The van der Waals surface area contributed by atoms with Gasteiger partial charge in [-0.15, -0.1) is 0 Å². The van der Waals surface area contributed by atoms with Gasteiger partial charge in [0.1, 0.15) is 6.54 Å². The summed E-state index contributed by atoms with van der Waals surface area (Å²) >= 11 is 11.8. The maximum atomic E-state index is 12.2. The highest BCUT2D eigenvalue weighted by Gasteiger charge is 2.21. The van der Waals surface area contributed by atoms with Crippen molar-refractivity contribution in [3.8, 4) is 0 Å². The van der Waals surface area contributed by atoms with Crippen molar-refractivity contribution in [2.75, 3.05) is 23.7 Å². The molecule has 5 nitrogen and oxygen atoms in total. The Morgan fingerprint density at radius 2 is 1.77 bits per heavy atom. The summed E-state index contributed by atoms with van der Waals surface area (Å²) in [5.74, 6) is -0.380. The molecule has 0 radical (unpaired) electrons. The van der Waals surface area contributed by atoms with Gasteiger partial charge in [0.25, 0.3) is 0 Å². The molecule has 2 aromatic carbocycles. The van der Waals surface area contributed by atoms with Crippen molar-refractivity contribution in [1.82, 2.24) is 5.32 Å². The zero-order valence-electron chi connectivity index (χ0n) is 14.3. The predicted molar refractivity (Wildman–Crippen MR) is 106 cm³/mol. The van der Waals surface area contributed by atoms with Gasteiger partial charge in [-0.05, 0) is 36.6 Å². The van der Waals surface area contributed by atoms with E-state index in [1.165, 1.54) is 23.8 Å². The first-order chi connectivity index (χ1) is 12.3. The van der Waals surface area contributed by atoms with E-state index < -0.39 is 10.0 Å². The third-order valence-corrected chi connectivity index (χ3v) is 5.57. The van der Waals surface area contributed by atoms with Crippen LogP contribution in [0.1, 0.15) is 12.0 Å². The summed E-state index contributed by atoms with van der Waals surface area (Å²) in [5.41, 5.74) is 1.48. The molecule has 0 aliphatic carbocycles. The zero-order chi connectivity index (χ0) is 19.2. The molecule has 1 amide bonds. The van der Waals surface area contributed by atoms with Gasteiger partial charge in [0.15, 0.2) is 0 Å². The van der Waals surface area contributed by atoms with Crippen molar-refractivity contribution >= 4 is 44.8 Å². The van der Waals surface area contributed by atoms with Crippen LogP contribution in [0.3, 0.4) is 0 Å². The average Bonchev–Trinajstić information content (AvgIpc) is 2.59. The first-order valence-electron chi connectivity index (χ1n) is 8.01. The maximum Gasteiger partial charge on any atom is 0.240 e. The van der Waals surface area contributed by atoms with Gasteiger partial charge < -0.3 is 5.32 Å². The molecule has 0 saturated heterocycles. The van der Waals surface area contributed by atoms with Crippen LogP contribution in [0.15, 0.2) is 48.5 Å². The fourth-order valence-electron chi connectivity index (χ4n) is 2.39. The Balaban J connectivity index is 1.93. The molecular formula is C18H20Cl2N2O3S. The average molecular weight is 415 g/mol. The normalized spacial score (nSPS) is 11.2. The van der Waals surface area contributed by atoms with Crippen LogP contribution in [-0.2, 0) is 21.2 Å². The highest BCUT2D eigenvalue weighted by atomic mass is 35.5. The third-order valence-electron chi connectivity index (χ3n) is 3.69. The number of carbonyl (C=O) groups excluding carboxylic acids is 1. The molecule has 0 aliphatic heterocycles. The number of hydrogen-bond donors (Lipinski definition) is 1. The maximum absolute atomic E-state index is 12.2. The molecule has 0 fully saturated rings. The highest BCUT2D eigenvalue weighted by molar-refractivity contribution is 7.92. The van der Waals surface area contributed by atoms with E-state index in [0.29, 0.717) is 17.3 Å². The number of sulfonamides is 1. The fraction of sp³-hybridized carbons (Fsp3) is 0.278. The topological polar surface area (TPSA) is 66.5 Å². The van der Waals surface area contributed by atoms with Crippen LogP contribution in [0.2, 0.25) is 10.0 Å². The molecular weight excluding hydrogens is 395 g/mol. The van der Waals surface area contributed by atoms with E-state index in [4.69, 9.17) is 23.2 Å². The lowest BCUT2D eigenvalue weighted by Gasteiger charge is -2.22. The zero-order valence-corrected chi connectivity index (χ0v) is 16.6. The predicted octanol–water partition coefficient (Wildman–Crippen LogP) is 3.51. The van der Waals surface area contributed by atoms with Crippen molar-refractivity contribution < 1.29 is 13.2 Å². The molecule has 0 aromatic heterocycles. The Hall–Kier alpha value is -1.76. The summed E-state index contributed by atoms with van der Waals surface area (Å²) in [6, 6.07) is 14.4. The molecule has 0 unspecified atom stereocenters. The summed E-state index contributed by atoms with van der Waals surface area (Å²) in [7, 11) is -3.65. The monoisotopic (exact) mass is 414 g/mol. The van der Waals surface area contributed by atoms with Crippen molar-refractivity contribution in [3.63, 3.8) is 0 Å². The van der Waals surface area contributed by atoms with E-state index in [0.717, 1.165) is 23.4 Å². The number of hydrogen-bond acceptors (Lipinski definition) is 3. The van der Waals surface area contributed by atoms with Crippen LogP contribution >= 0.6 is 23.2 Å². The molecule has 0 atom stereocenters. The Bertz CT molecular complexity index is 858. The molecule has 0 spiro atoms.